The van der Waals surface area contributed by atoms with E-state index in [0.29, 0.717) is 12.1 Å². The molecule has 1 aromatic heterocycles. The Labute approximate surface area is 162 Å². The van der Waals surface area contributed by atoms with Crippen LogP contribution in [0.5, 0.6) is 0 Å². The quantitative estimate of drug-likeness (QED) is 0.634. The molecule has 2 aromatic carbocycles. The molecule has 1 amide bonds. The molecule has 0 saturated heterocycles. The molecular formula is C20H19N5OS. The number of aromatic nitrogens is 3. The molecule has 0 fully saturated rings. The van der Waals surface area contributed by atoms with Crippen LogP contribution in [0.4, 0.5) is 5.69 Å². The third kappa shape index (κ3) is 4.74. The van der Waals surface area contributed by atoms with Crippen molar-refractivity contribution >= 4 is 23.4 Å². The Morgan fingerprint density at radius 3 is 2.56 bits per heavy atom. The minimum atomic E-state index is -0.111. The number of hydrogen-bond acceptors (Lipinski definition) is 5. The van der Waals surface area contributed by atoms with E-state index in [2.05, 4.69) is 21.6 Å². The lowest BCUT2D eigenvalue weighted by Gasteiger charge is -2.08. The average molecular weight is 377 g/mol. The number of nitrogens with zero attached hydrogens (tertiary/aromatic N) is 4. The first kappa shape index (κ1) is 18.7. The summed E-state index contributed by atoms with van der Waals surface area (Å²) in [4.78, 5) is 12.2. The Balaban J connectivity index is 1.62. The van der Waals surface area contributed by atoms with Crippen molar-refractivity contribution in [3.05, 3.63) is 60.2 Å². The summed E-state index contributed by atoms with van der Waals surface area (Å²) in [6.45, 7) is 2.75. The average Bonchev–Trinajstić information content (AvgIpc) is 3.12. The highest BCUT2D eigenvalue weighted by Gasteiger charge is 2.14. The lowest BCUT2D eigenvalue weighted by molar-refractivity contribution is -0.113. The highest BCUT2D eigenvalue weighted by atomic mass is 32.2. The number of nitrogens with one attached hydrogen (secondary N) is 1. The van der Waals surface area contributed by atoms with Gasteiger partial charge in [0.15, 0.2) is 11.0 Å². The van der Waals surface area contributed by atoms with E-state index in [4.69, 9.17) is 5.26 Å². The van der Waals surface area contributed by atoms with Crippen molar-refractivity contribution in [3.63, 3.8) is 0 Å². The van der Waals surface area contributed by atoms with Crippen LogP contribution in [0.2, 0.25) is 0 Å². The molecule has 0 aliphatic carbocycles. The molecule has 0 aliphatic heterocycles. The van der Waals surface area contributed by atoms with E-state index in [9.17, 15) is 4.79 Å². The molecule has 3 rings (SSSR count). The van der Waals surface area contributed by atoms with Gasteiger partial charge >= 0.3 is 0 Å². The summed E-state index contributed by atoms with van der Waals surface area (Å²) in [6, 6.07) is 19.3. The zero-order valence-electron chi connectivity index (χ0n) is 14.9. The topological polar surface area (TPSA) is 83.6 Å². The summed E-state index contributed by atoms with van der Waals surface area (Å²) in [7, 11) is 0. The highest BCUT2D eigenvalue weighted by molar-refractivity contribution is 7.99. The van der Waals surface area contributed by atoms with Gasteiger partial charge in [-0.15, -0.1) is 10.2 Å². The Hall–Kier alpha value is -3.11. The van der Waals surface area contributed by atoms with Crippen LogP contribution in [0, 0.1) is 11.3 Å². The first-order chi connectivity index (χ1) is 13.2. The third-order valence-electron chi connectivity index (χ3n) is 3.92. The van der Waals surface area contributed by atoms with Crippen LogP contribution in [0.25, 0.3) is 11.4 Å². The van der Waals surface area contributed by atoms with E-state index in [1.54, 1.807) is 12.1 Å². The zero-order chi connectivity index (χ0) is 19.1. The minimum Gasteiger partial charge on any atom is -0.325 e. The van der Waals surface area contributed by atoms with Gasteiger partial charge in [0.25, 0.3) is 0 Å². The van der Waals surface area contributed by atoms with E-state index in [-0.39, 0.29) is 11.7 Å². The molecule has 0 saturated carbocycles. The number of anilines is 1. The maximum absolute atomic E-state index is 12.2. The van der Waals surface area contributed by atoms with Crippen LogP contribution in [-0.2, 0) is 17.8 Å². The Kier molecular flexibility index (Phi) is 6.23. The van der Waals surface area contributed by atoms with Gasteiger partial charge in [-0.1, -0.05) is 54.2 Å². The maximum Gasteiger partial charge on any atom is 0.234 e. The van der Waals surface area contributed by atoms with Gasteiger partial charge in [0, 0.05) is 17.8 Å². The molecule has 27 heavy (non-hydrogen) atoms. The molecule has 0 bridgehead atoms. The number of carbonyl (C=O) groups excluding carboxylic acids is 1. The molecule has 6 nitrogen and oxygen atoms in total. The number of nitriles is 1. The molecule has 0 spiro atoms. The van der Waals surface area contributed by atoms with Crippen LogP contribution in [0.1, 0.15) is 12.5 Å². The number of rotatable bonds is 7. The molecular weight excluding hydrogens is 358 g/mol. The number of carbonyl (C=O) groups is 1. The molecule has 0 radical (unpaired) electrons. The van der Waals surface area contributed by atoms with Crippen molar-refractivity contribution in [2.24, 2.45) is 0 Å². The standard InChI is InChI=1S/C20H19N5OS/c1-2-25-19(16-6-4-3-5-7-16)23-24-20(25)27-14-18(26)22-17-10-8-15(9-11-17)12-13-21/h3-11H,2,12,14H2,1H3,(H,22,26). The fourth-order valence-corrected chi connectivity index (χ4v) is 3.41. The van der Waals surface area contributed by atoms with Gasteiger partial charge in [0.2, 0.25) is 5.91 Å². The second-order valence-corrected chi connectivity index (χ2v) is 6.73. The summed E-state index contributed by atoms with van der Waals surface area (Å²) in [5.74, 6) is 0.932. The third-order valence-corrected chi connectivity index (χ3v) is 4.89. The SMILES string of the molecule is CCn1c(SCC(=O)Nc2ccc(CC#N)cc2)nnc1-c1ccccc1. The molecule has 0 unspecified atom stereocenters. The normalized spacial score (nSPS) is 10.4. The van der Waals surface area contributed by atoms with Crippen molar-refractivity contribution in [1.29, 1.82) is 5.26 Å². The number of benzene rings is 2. The second kappa shape index (κ2) is 9.01. The first-order valence-electron chi connectivity index (χ1n) is 8.58. The van der Waals surface area contributed by atoms with Crippen molar-refractivity contribution in [2.75, 3.05) is 11.1 Å². The summed E-state index contributed by atoms with van der Waals surface area (Å²) < 4.78 is 2.00. The summed E-state index contributed by atoms with van der Waals surface area (Å²) >= 11 is 1.36. The van der Waals surface area contributed by atoms with Crippen molar-refractivity contribution < 1.29 is 4.79 Å². The van der Waals surface area contributed by atoms with Crippen molar-refractivity contribution in [2.45, 2.75) is 25.0 Å². The van der Waals surface area contributed by atoms with Crippen molar-refractivity contribution in [1.82, 2.24) is 14.8 Å². The van der Waals surface area contributed by atoms with Gasteiger partial charge in [0.1, 0.15) is 0 Å². The number of hydrogen-bond donors (Lipinski definition) is 1. The predicted molar refractivity (Wildman–Crippen MR) is 106 cm³/mol. The van der Waals surface area contributed by atoms with Crippen LogP contribution in [0.15, 0.2) is 59.8 Å². The highest BCUT2D eigenvalue weighted by Crippen LogP contribution is 2.24. The van der Waals surface area contributed by atoms with E-state index in [1.165, 1.54) is 11.8 Å². The summed E-state index contributed by atoms with van der Waals surface area (Å²) in [5.41, 5.74) is 2.64. The predicted octanol–water partition coefficient (Wildman–Crippen LogP) is 3.76. The minimum absolute atomic E-state index is 0.111. The van der Waals surface area contributed by atoms with Gasteiger partial charge in [-0.3, -0.25) is 4.79 Å². The van der Waals surface area contributed by atoms with Gasteiger partial charge in [0.05, 0.1) is 18.2 Å². The maximum atomic E-state index is 12.2. The molecule has 3 aromatic rings. The molecule has 1 N–H and O–H groups in total. The summed E-state index contributed by atoms with van der Waals surface area (Å²) in [5, 5.41) is 20.8. The molecule has 0 atom stereocenters. The Bertz CT molecular complexity index is 945. The van der Waals surface area contributed by atoms with Gasteiger partial charge in [-0.2, -0.15) is 5.26 Å². The van der Waals surface area contributed by atoms with Gasteiger partial charge in [-0.05, 0) is 24.6 Å². The Morgan fingerprint density at radius 1 is 1.15 bits per heavy atom. The monoisotopic (exact) mass is 377 g/mol. The zero-order valence-corrected chi connectivity index (χ0v) is 15.7. The van der Waals surface area contributed by atoms with Crippen LogP contribution in [0.3, 0.4) is 0 Å². The molecule has 136 valence electrons. The fourth-order valence-electron chi connectivity index (χ4n) is 2.61. The largest absolute Gasteiger partial charge is 0.325 e. The lowest BCUT2D eigenvalue weighted by atomic mass is 10.1. The number of thioether (sulfide) groups is 1. The molecule has 0 aliphatic rings. The first-order valence-corrected chi connectivity index (χ1v) is 9.57. The molecule has 1 heterocycles. The smallest absolute Gasteiger partial charge is 0.234 e. The lowest BCUT2D eigenvalue weighted by Crippen LogP contribution is -2.14. The van der Waals surface area contributed by atoms with E-state index >= 15 is 0 Å². The Morgan fingerprint density at radius 2 is 1.89 bits per heavy atom. The van der Waals surface area contributed by atoms with Crippen LogP contribution in [-0.4, -0.2) is 26.4 Å². The van der Waals surface area contributed by atoms with Crippen molar-refractivity contribution in [3.8, 4) is 17.5 Å². The number of amides is 1. The van der Waals surface area contributed by atoms with E-state index in [0.717, 1.165) is 28.7 Å². The van der Waals surface area contributed by atoms with E-state index in [1.807, 2.05) is 54.0 Å². The second-order valence-electron chi connectivity index (χ2n) is 5.79. The van der Waals surface area contributed by atoms with Gasteiger partial charge < -0.3 is 9.88 Å². The molecule has 7 heteroatoms. The fraction of sp³-hybridized carbons (Fsp3) is 0.200. The van der Waals surface area contributed by atoms with Gasteiger partial charge in [-0.25, -0.2) is 0 Å². The van der Waals surface area contributed by atoms with E-state index < -0.39 is 0 Å². The summed E-state index contributed by atoms with van der Waals surface area (Å²) in [6.07, 6.45) is 0.362. The van der Waals surface area contributed by atoms with Crippen LogP contribution >= 0.6 is 11.8 Å². The van der Waals surface area contributed by atoms with Crippen LogP contribution < -0.4 is 5.32 Å².